The van der Waals surface area contributed by atoms with E-state index in [0.29, 0.717) is 0 Å². The van der Waals surface area contributed by atoms with Gasteiger partial charge in [-0.05, 0) is 12.8 Å². The fraction of sp³-hybridized carbons (Fsp3) is 0.636. The predicted molar refractivity (Wildman–Crippen MR) is 59.8 cm³/mol. The monoisotopic (exact) mass is 180 g/mol. The maximum atomic E-state index is 3.35. The third kappa shape index (κ3) is 9.52. The molecule has 0 bridgehead atoms. The second kappa shape index (κ2) is 6.08. The first-order valence-electron chi connectivity index (χ1n) is 4.71. The Hall–Kier alpha value is -0.483. The third-order valence-corrected chi connectivity index (χ3v) is 2.23. The van der Waals surface area contributed by atoms with E-state index in [-0.39, 0.29) is 0 Å². The Balaban J connectivity index is 3.53. The van der Waals surface area contributed by atoms with Crippen LogP contribution in [-0.2, 0) is 0 Å². The summed E-state index contributed by atoms with van der Waals surface area (Å²) in [7, 11) is -1.11. The molecule has 0 rings (SSSR count). The second-order valence-corrected chi connectivity index (χ2v) is 8.72. The van der Waals surface area contributed by atoms with E-state index in [1.165, 1.54) is 0 Å². The highest BCUT2D eigenvalue weighted by Gasteiger charge is 2.06. The van der Waals surface area contributed by atoms with Gasteiger partial charge in [0.05, 0.1) is 0 Å². The summed E-state index contributed by atoms with van der Waals surface area (Å²) in [4.78, 5) is 0. The summed E-state index contributed by atoms with van der Waals surface area (Å²) >= 11 is 0. The molecule has 0 heterocycles. The fourth-order valence-corrected chi connectivity index (χ4v) is 1.42. The van der Waals surface area contributed by atoms with E-state index in [4.69, 9.17) is 0 Å². The van der Waals surface area contributed by atoms with Crippen LogP contribution in [0, 0.1) is 11.5 Å². The van der Waals surface area contributed by atoms with Gasteiger partial charge in [0, 0.05) is 6.42 Å². The van der Waals surface area contributed by atoms with Crippen LogP contribution in [0.5, 0.6) is 0 Å². The molecule has 0 atom stereocenters. The Morgan fingerprint density at radius 1 is 1.17 bits per heavy atom. The molecule has 0 spiro atoms. The molecule has 0 saturated carbocycles. The minimum Gasteiger partial charge on any atom is -0.132 e. The van der Waals surface area contributed by atoms with Crippen molar-refractivity contribution in [2.75, 3.05) is 0 Å². The van der Waals surface area contributed by atoms with E-state index in [1.807, 2.05) is 0 Å². The van der Waals surface area contributed by atoms with Crippen molar-refractivity contribution in [1.82, 2.24) is 0 Å². The standard InChI is InChI=1S/C11H20Si/c1-5-6-7-8-9-10-11-12(2,3)4/h6-7H,5,8-9H2,1-4H3. The SMILES string of the molecule is CCC=CCCC#C[Si](C)(C)C. The molecule has 0 N–H and O–H groups in total. The maximum Gasteiger partial charge on any atom is 0.129 e. The van der Waals surface area contributed by atoms with E-state index in [0.717, 1.165) is 19.3 Å². The zero-order valence-corrected chi connectivity index (χ0v) is 9.78. The van der Waals surface area contributed by atoms with E-state index in [1.54, 1.807) is 0 Å². The summed E-state index contributed by atoms with van der Waals surface area (Å²) in [5, 5.41) is 0. The Morgan fingerprint density at radius 3 is 2.33 bits per heavy atom. The van der Waals surface area contributed by atoms with Crippen molar-refractivity contribution in [3.8, 4) is 11.5 Å². The summed E-state index contributed by atoms with van der Waals surface area (Å²) in [5.74, 6) is 3.24. The summed E-state index contributed by atoms with van der Waals surface area (Å²) in [6.07, 6.45) is 7.71. The molecule has 0 amide bonds. The lowest BCUT2D eigenvalue weighted by Gasteiger charge is -2.02. The zero-order valence-electron chi connectivity index (χ0n) is 8.78. The van der Waals surface area contributed by atoms with Crippen LogP contribution >= 0.6 is 0 Å². The molecule has 0 radical (unpaired) electrons. The molecule has 0 saturated heterocycles. The highest BCUT2D eigenvalue weighted by Crippen LogP contribution is 1.97. The van der Waals surface area contributed by atoms with Gasteiger partial charge < -0.3 is 0 Å². The average molecular weight is 180 g/mol. The largest absolute Gasteiger partial charge is 0.132 e. The molecule has 0 aromatic heterocycles. The molecule has 0 nitrogen and oxygen atoms in total. The Bertz CT molecular complexity index is 185. The van der Waals surface area contributed by atoms with Crippen molar-refractivity contribution < 1.29 is 0 Å². The molecule has 0 aromatic carbocycles. The molecule has 0 aliphatic carbocycles. The molecule has 0 aromatic rings. The first-order chi connectivity index (χ1) is 5.56. The molecule has 0 aliphatic heterocycles. The molecule has 0 aliphatic rings. The molecule has 12 heavy (non-hydrogen) atoms. The Morgan fingerprint density at radius 2 is 1.83 bits per heavy atom. The highest BCUT2D eigenvalue weighted by atomic mass is 28.3. The van der Waals surface area contributed by atoms with Crippen molar-refractivity contribution in [1.29, 1.82) is 0 Å². The molecule has 68 valence electrons. The van der Waals surface area contributed by atoms with Crippen LogP contribution < -0.4 is 0 Å². The highest BCUT2D eigenvalue weighted by molar-refractivity contribution is 6.83. The smallest absolute Gasteiger partial charge is 0.129 e. The van der Waals surface area contributed by atoms with E-state index in [2.05, 4.69) is 50.2 Å². The molecule has 0 fully saturated rings. The van der Waals surface area contributed by atoms with Crippen LogP contribution in [0.2, 0.25) is 19.6 Å². The third-order valence-electron chi connectivity index (χ3n) is 1.30. The van der Waals surface area contributed by atoms with Crippen LogP contribution in [0.1, 0.15) is 26.2 Å². The minimum absolute atomic E-state index is 1.03. The lowest BCUT2D eigenvalue weighted by atomic mass is 10.3. The normalized spacial score (nSPS) is 11.3. The Labute approximate surface area is 78.1 Å². The van der Waals surface area contributed by atoms with Crippen molar-refractivity contribution in [3.63, 3.8) is 0 Å². The van der Waals surface area contributed by atoms with Crippen LogP contribution in [0.3, 0.4) is 0 Å². The number of allylic oxidation sites excluding steroid dienone is 2. The van der Waals surface area contributed by atoms with Crippen LogP contribution in [-0.4, -0.2) is 8.07 Å². The number of hydrogen-bond donors (Lipinski definition) is 0. The first-order valence-corrected chi connectivity index (χ1v) is 8.21. The summed E-state index contributed by atoms with van der Waals surface area (Å²) in [5.41, 5.74) is 3.35. The van der Waals surface area contributed by atoms with Crippen molar-refractivity contribution in [3.05, 3.63) is 12.2 Å². The van der Waals surface area contributed by atoms with Gasteiger partial charge in [-0.25, -0.2) is 0 Å². The quantitative estimate of drug-likeness (QED) is 0.269. The summed E-state index contributed by atoms with van der Waals surface area (Å²) < 4.78 is 0. The number of hydrogen-bond acceptors (Lipinski definition) is 0. The summed E-state index contributed by atoms with van der Waals surface area (Å²) in [6, 6.07) is 0. The minimum atomic E-state index is -1.11. The molecule has 1 heteroatoms. The fourth-order valence-electron chi connectivity index (χ4n) is 0.768. The topological polar surface area (TPSA) is 0 Å². The van der Waals surface area contributed by atoms with Gasteiger partial charge in [-0.2, -0.15) is 0 Å². The van der Waals surface area contributed by atoms with Crippen molar-refractivity contribution >= 4 is 8.07 Å². The van der Waals surface area contributed by atoms with Gasteiger partial charge in [0.2, 0.25) is 0 Å². The van der Waals surface area contributed by atoms with Gasteiger partial charge in [0.15, 0.2) is 0 Å². The first kappa shape index (κ1) is 11.5. The summed E-state index contributed by atoms with van der Waals surface area (Å²) in [6.45, 7) is 9.00. The second-order valence-electron chi connectivity index (χ2n) is 3.97. The number of rotatable bonds is 3. The van der Waals surface area contributed by atoms with Crippen molar-refractivity contribution in [2.24, 2.45) is 0 Å². The van der Waals surface area contributed by atoms with Crippen LogP contribution in [0.25, 0.3) is 0 Å². The Kier molecular flexibility index (Phi) is 5.83. The maximum absolute atomic E-state index is 3.35. The van der Waals surface area contributed by atoms with Gasteiger partial charge >= 0.3 is 0 Å². The zero-order chi connectivity index (χ0) is 9.45. The molecule has 0 unspecified atom stereocenters. The van der Waals surface area contributed by atoms with Gasteiger partial charge in [-0.15, -0.1) is 11.5 Å². The predicted octanol–water partition coefficient (Wildman–Crippen LogP) is 3.61. The average Bonchev–Trinajstić information content (AvgIpc) is 1.94. The van der Waals surface area contributed by atoms with Gasteiger partial charge in [-0.3, -0.25) is 0 Å². The van der Waals surface area contributed by atoms with Crippen molar-refractivity contribution in [2.45, 2.75) is 45.8 Å². The van der Waals surface area contributed by atoms with Gasteiger partial charge in [-0.1, -0.05) is 38.7 Å². The van der Waals surface area contributed by atoms with Gasteiger partial charge in [0.1, 0.15) is 8.07 Å². The number of unbranched alkanes of at least 4 members (excludes halogenated alkanes) is 1. The lowest BCUT2D eigenvalue weighted by Crippen LogP contribution is -2.16. The van der Waals surface area contributed by atoms with Crippen LogP contribution in [0.15, 0.2) is 12.2 Å². The van der Waals surface area contributed by atoms with Gasteiger partial charge in [0.25, 0.3) is 0 Å². The molecular weight excluding hydrogens is 160 g/mol. The van der Waals surface area contributed by atoms with Crippen LogP contribution in [0.4, 0.5) is 0 Å². The van der Waals surface area contributed by atoms with E-state index >= 15 is 0 Å². The van der Waals surface area contributed by atoms with E-state index < -0.39 is 8.07 Å². The molecular formula is C11H20Si. The lowest BCUT2D eigenvalue weighted by molar-refractivity contribution is 1.07. The van der Waals surface area contributed by atoms with E-state index in [9.17, 15) is 0 Å².